The summed E-state index contributed by atoms with van der Waals surface area (Å²) in [5.41, 5.74) is 5.44. The summed E-state index contributed by atoms with van der Waals surface area (Å²) in [6.07, 6.45) is 0. The second-order valence-corrected chi connectivity index (χ2v) is 4.83. The Bertz CT molecular complexity index is 359. The first-order valence-corrected chi connectivity index (χ1v) is 5.78. The number of hydrogen-bond donors (Lipinski definition) is 2. The molecule has 0 aliphatic rings. The largest absolute Gasteiger partial charge is 0.329 e. The quantitative estimate of drug-likeness (QED) is 0.832. The monoisotopic (exact) mass is 242 g/mol. The highest BCUT2D eigenvalue weighted by molar-refractivity contribution is 5.19. The second kappa shape index (κ2) is 5.56. The minimum atomic E-state index is -0.527. The Morgan fingerprint density at radius 2 is 1.82 bits per heavy atom. The molecule has 3 N–H and O–H groups in total. The van der Waals surface area contributed by atoms with E-state index < -0.39 is 11.6 Å². The molecule has 0 aromatic heterocycles. The van der Waals surface area contributed by atoms with Crippen LogP contribution in [-0.2, 0) is 6.54 Å². The Hall–Kier alpha value is -1.00. The first kappa shape index (κ1) is 14.1. The summed E-state index contributed by atoms with van der Waals surface area (Å²) in [7, 11) is 0. The number of nitrogens with two attached hydrogens (primary N) is 1. The number of benzene rings is 1. The zero-order valence-corrected chi connectivity index (χ0v) is 10.6. The third-order valence-corrected chi connectivity index (χ3v) is 3.43. The van der Waals surface area contributed by atoms with Crippen molar-refractivity contribution in [2.75, 3.05) is 6.54 Å². The van der Waals surface area contributed by atoms with Crippen molar-refractivity contribution >= 4 is 0 Å². The van der Waals surface area contributed by atoms with Gasteiger partial charge in [-0.3, -0.25) is 0 Å². The van der Waals surface area contributed by atoms with Crippen LogP contribution in [0.1, 0.15) is 26.3 Å². The first-order chi connectivity index (χ1) is 7.90. The Labute approximate surface area is 101 Å². The number of nitrogens with one attached hydrogen (secondary N) is 1. The SMILES string of the molecule is CC(C)C(C)(CN)NCc1c(F)cccc1F. The van der Waals surface area contributed by atoms with Gasteiger partial charge < -0.3 is 11.1 Å². The lowest BCUT2D eigenvalue weighted by Crippen LogP contribution is -2.52. The molecule has 0 fully saturated rings. The average Bonchev–Trinajstić information content (AvgIpc) is 2.27. The van der Waals surface area contributed by atoms with E-state index in [-0.39, 0.29) is 23.6 Å². The minimum absolute atomic E-state index is 0.0628. The Morgan fingerprint density at radius 1 is 1.29 bits per heavy atom. The van der Waals surface area contributed by atoms with Gasteiger partial charge in [-0.15, -0.1) is 0 Å². The van der Waals surface area contributed by atoms with Crippen LogP contribution >= 0.6 is 0 Å². The molecular weight excluding hydrogens is 222 g/mol. The third kappa shape index (κ3) is 3.23. The highest BCUT2D eigenvalue weighted by atomic mass is 19.1. The third-order valence-electron chi connectivity index (χ3n) is 3.43. The van der Waals surface area contributed by atoms with Crippen LogP contribution in [0.25, 0.3) is 0 Å². The van der Waals surface area contributed by atoms with Gasteiger partial charge in [-0.05, 0) is 25.0 Å². The van der Waals surface area contributed by atoms with E-state index >= 15 is 0 Å². The van der Waals surface area contributed by atoms with Crippen LogP contribution in [0.5, 0.6) is 0 Å². The molecule has 0 heterocycles. The van der Waals surface area contributed by atoms with Crippen LogP contribution < -0.4 is 11.1 Å². The van der Waals surface area contributed by atoms with Gasteiger partial charge >= 0.3 is 0 Å². The van der Waals surface area contributed by atoms with E-state index in [0.29, 0.717) is 6.54 Å². The molecule has 0 amide bonds. The fourth-order valence-corrected chi connectivity index (χ4v) is 1.50. The standard InChI is InChI=1S/C13H20F2N2/c1-9(2)13(3,8-16)17-7-10-11(14)5-4-6-12(10)15/h4-6,9,17H,7-8,16H2,1-3H3. The number of hydrogen-bond acceptors (Lipinski definition) is 2. The summed E-state index contributed by atoms with van der Waals surface area (Å²) >= 11 is 0. The lowest BCUT2D eigenvalue weighted by molar-refractivity contribution is 0.264. The van der Waals surface area contributed by atoms with Gasteiger partial charge in [-0.2, -0.15) is 0 Å². The van der Waals surface area contributed by atoms with Crippen molar-refractivity contribution in [3.63, 3.8) is 0 Å². The molecular formula is C13H20F2N2. The van der Waals surface area contributed by atoms with Crippen LogP contribution in [0, 0.1) is 17.6 Å². The van der Waals surface area contributed by atoms with Crippen LogP contribution in [0.2, 0.25) is 0 Å². The number of halogens is 2. The summed E-state index contributed by atoms with van der Waals surface area (Å²) < 4.78 is 26.8. The van der Waals surface area contributed by atoms with Crippen molar-refractivity contribution in [1.29, 1.82) is 0 Å². The molecule has 1 atom stereocenters. The van der Waals surface area contributed by atoms with Gasteiger partial charge in [0.15, 0.2) is 0 Å². The van der Waals surface area contributed by atoms with Gasteiger partial charge in [-0.1, -0.05) is 19.9 Å². The van der Waals surface area contributed by atoms with E-state index in [4.69, 9.17) is 5.73 Å². The van der Waals surface area contributed by atoms with E-state index in [0.717, 1.165) is 0 Å². The molecule has 1 aromatic rings. The molecule has 4 heteroatoms. The molecule has 2 nitrogen and oxygen atoms in total. The molecule has 96 valence electrons. The van der Waals surface area contributed by atoms with Gasteiger partial charge in [0.05, 0.1) is 0 Å². The van der Waals surface area contributed by atoms with Crippen LogP contribution in [0.3, 0.4) is 0 Å². The van der Waals surface area contributed by atoms with Crippen molar-refractivity contribution in [3.05, 3.63) is 35.4 Å². The Balaban J connectivity index is 2.80. The van der Waals surface area contributed by atoms with Gasteiger partial charge in [0.25, 0.3) is 0 Å². The maximum absolute atomic E-state index is 13.4. The van der Waals surface area contributed by atoms with E-state index in [1.54, 1.807) is 0 Å². The summed E-state index contributed by atoms with van der Waals surface area (Å²) in [5, 5.41) is 3.14. The molecule has 17 heavy (non-hydrogen) atoms. The van der Waals surface area contributed by atoms with Crippen molar-refractivity contribution in [3.8, 4) is 0 Å². The molecule has 0 radical (unpaired) electrons. The van der Waals surface area contributed by atoms with Gasteiger partial charge in [0, 0.05) is 24.2 Å². The van der Waals surface area contributed by atoms with E-state index in [9.17, 15) is 8.78 Å². The van der Waals surface area contributed by atoms with E-state index in [1.807, 2.05) is 20.8 Å². The molecule has 1 aromatic carbocycles. The molecule has 0 aliphatic carbocycles. The maximum Gasteiger partial charge on any atom is 0.130 e. The zero-order chi connectivity index (χ0) is 13.1. The fourth-order valence-electron chi connectivity index (χ4n) is 1.50. The summed E-state index contributed by atoms with van der Waals surface area (Å²) in [5.74, 6) is -0.774. The average molecular weight is 242 g/mol. The topological polar surface area (TPSA) is 38.0 Å². The van der Waals surface area contributed by atoms with Gasteiger partial charge in [0.2, 0.25) is 0 Å². The lowest BCUT2D eigenvalue weighted by atomic mass is 9.88. The molecule has 1 rings (SSSR count). The van der Waals surface area contributed by atoms with Crippen molar-refractivity contribution in [1.82, 2.24) is 5.32 Å². The van der Waals surface area contributed by atoms with Crippen LogP contribution in [0.4, 0.5) is 8.78 Å². The van der Waals surface area contributed by atoms with E-state index in [1.165, 1.54) is 18.2 Å². The predicted octanol–water partition coefficient (Wildman–Crippen LogP) is 2.43. The first-order valence-electron chi connectivity index (χ1n) is 5.78. The normalized spacial score (nSPS) is 15.0. The Morgan fingerprint density at radius 3 is 2.24 bits per heavy atom. The highest BCUT2D eigenvalue weighted by Crippen LogP contribution is 2.18. The molecule has 0 aliphatic heterocycles. The minimum Gasteiger partial charge on any atom is -0.329 e. The maximum atomic E-state index is 13.4. The lowest BCUT2D eigenvalue weighted by Gasteiger charge is -2.34. The summed E-state index contributed by atoms with van der Waals surface area (Å²) in [6, 6.07) is 3.88. The molecule has 0 saturated heterocycles. The fraction of sp³-hybridized carbons (Fsp3) is 0.538. The van der Waals surface area contributed by atoms with Crippen molar-refractivity contribution < 1.29 is 8.78 Å². The predicted molar refractivity (Wildman–Crippen MR) is 65.5 cm³/mol. The summed E-state index contributed by atoms with van der Waals surface area (Å²) in [6.45, 7) is 6.57. The van der Waals surface area contributed by atoms with Gasteiger partial charge in [0.1, 0.15) is 11.6 Å². The van der Waals surface area contributed by atoms with Crippen molar-refractivity contribution in [2.24, 2.45) is 11.7 Å². The van der Waals surface area contributed by atoms with Gasteiger partial charge in [-0.25, -0.2) is 8.78 Å². The molecule has 0 saturated carbocycles. The smallest absolute Gasteiger partial charge is 0.130 e. The van der Waals surface area contributed by atoms with Crippen molar-refractivity contribution in [2.45, 2.75) is 32.9 Å². The summed E-state index contributed by atoms with van der Waals surface area (Å²) in [4.78, 5) is 0. The van der Waals surface area contributed by atoms with E-state index in [2.05, 4.69) is 5.32 Å². The molecule has 0 bridgehead atoms. The zero-order valence-electron chi connectivity index (χ0n) is 10.6. The van der Waals surface area contributed by atoms with Crippen LogP contribution in [0.15, 0.2) is 18.2 Å². The number of rotatable bonds is 5. The Kier molecular flexibility index (Phi) is 4.60. The molecule has 1 unspecified atom stereocenters. The molecule has 0 spiro atoms. The highest BCUT2D eigenvalue weighted by Gasteiger charge is 2.26. The van der Waals surface area contributed by atoms with Crippen LogP contribution in [-0.4, -0.2) is 12.1 Å². The second-order valence-electron chi connectivity index (χ2n) is 4.83.